The second-order valence-corrected chi connectivity index (χ2v) is 9.92. The predicted molar refractivity (Wildman–Crippen MR) is 131 cm³/mol. The number of amides is 1. The Labute approximate surface area is 208 Å². The lowest BCUT2D eigenvalue weighted by atomic mass is 10.1. The van der Waals surface area contributed by atoms with E-state index in [1.165, 1.54) is 29.7 Å². The number of nitrogens with zero attached hydrogens (tertiary/aromatic N) is 1. The topological polar surface area (TPSA) is 127 Å². The van der Waals surface area contributed by atoms with Crippen LogP contribution >= 0.6 is 11.3 Å². The van der Waals surface area contributed by atoms with Gasteiger partial charge in [0.1, 0.15) is 24.1 Å². The Bertz CT molecular complexity index is 1290. The van der Waals surface area contributed by atoms with Gasteiger partial charge in [-0.15, -0.1) is 17.3 Å². The highest BCUT2D eigenvalue weighted by molar-refractivity contribution is 7.89. The van der Waals surface area contributed by atoms with Crippen LogP contribution in [0.1, 0.15) is 29.2 Å². The van der Waals surface area contributed by atoms with Crippen LogP contribution in [0.15, 0.2) is 58.8 Å². The van der Waals surface area contributed by atoms with E-state index in [2.05, 4.69) is 21.5 Å². The molecule has 0 aliphatic carbocycles. The number of carbonyl (C=O) groups is 1. The van der Waals surface area contributed by atoms with Crippen molar-refractivity contribution in [3.63, 3.8) is 0 Å². The van der Waals surface area contributed by atoms with E-state index in [9.17, 15) is 13.2 Å². The fourth-order valence-electron chi connectivity index (χ4n) is 3.00. The third kappa shape index (κ3) is 7.53. The van der Waals surface area contributed by atoms with Gasteiger partial charge in [-0.2, -0.15) is 4.72 Å². The number of nitrogens with one attached hydrogen (secondary N) is 2. The van der Waals surface area contributed by atoms with Crippen LogP contribution in [0.2, 0.25) is 0 Å². The summed E-state index contributed by atoms with van der Waals surface area (Å²) in [5, 5.41) is 12.1. The molecule has 0 saturated carbocycles. The van der Waals surface area contributed by atoms with E-state index in [1.54, 1.807) is 42.5 Å². The third-order valence-corrected chi connectivity index (χ3v) is 7.20. The molecular formula is C24H25N3O6S2. The van der Waals surface area contributed by atoms with Crippen LogP contribution in [0.3, 0.4) is 0 Å². The van der Waals surface area contributed by atoms with Crippen molar-refractivity contribution in [1.29, 1.82) is 0 Å². The van der Waals surface area contributed by atoms with Crippen LogP contribution in [0.25, 0.3) is 0 Å². The molecule has 2 aromatic carbocycles. The molecule has 184 valence electrons. The fourth-order valence-corrected chi connectivity index (χ4v) is 4.94. The number of aryl methyl sites for hydroxylation is 1. The molecule has 0 radical (unpaired) electrons. The molecule has 3 aromatic rings. The monoisotopic (exact) mass is 515 g/mol. The normalized spacial score (nSPS) is 11.7. The zero-order valence-electron chi connectivity index (χ0n) is 19.1. The van der Waals surface area contributed by atoms with Crippen LogP contribution < -0.4 is 19.7 Å². The highest BCUT2D eigenvalue weighted by Gasteiger charge is 2.27. The zero-order chi connectivity index (χ0) is 25.3. The van der Waals surface area contributed by atoms with Crippen molar-refractivity contribution < 1.29 is 27.9 Å². The van der Waals surface area contributed by atoms with E-state index < -0.39 is 22.0 Å². The lowest BCUT2D eigenvalue weighted by Crippen LogP contribution is -2.39. The van der Waals surface area contributed by atoms with Crippen LogP contribution in [0, 0.1) is 18.8 Å². The maximum atomic E-state index is 12.9. The van der Waals surface area contributed by atoms with Gasteiger partial charge in [-0.3, -0.25) is 10.0 Å². The Hall–Kier alpha value is -3.43. The summed E-state index contributed by atoms with van der Waals surface area (Å²) < 4.78 is 39.2. The molecule has 1 amide bonds. The van der Waals surface area contributed by atoms with E-state index in [0.29, 0.717) is 30.1 Å². The number of thiazole rings is 1. The molecule has 0 aliphatic rings. The maximum absolute atomic E-state index is 12.9. The summed E-state index contributed by atoms with van der Waals surface area (Å²) >= 11 is 1.57. The smallest absolute Gasteiger partial charge is 0.266 e. The molecule has 1 unspecified atom stereocenters. The standard InChI is InChI=1S/C24H25N3O6S2/c1-3-4-14-32-20-9-11-21(12-10-20)35(30,31)27-23(24(28)26-29)18-5-7-19(8-6-18)33-15-13-22-25-17(2)16-34-22/h5-12,16,23,27,29H,13-15H2,1-2H3,(H,26,28). The molecule has 1 heterocycles. The number of carbonyl (C=O) groups excluding carboxylic acids is 1. The highest BCUT2D eigenvalue weighted by atomic mass is 32.2. The second kappa shape index (κ2) is 12.3. The summed E-state index contributed by atoms with van der Waals surface area (Å²) in [5.74, 6) is 5.52. The first-order chi connectivity index (χ1) is 16.8. The minimum atomic E-state index is -4.10. The molecular weight excluding hydrogens is 490 g/mol. The summed E-state index contributed by atoms with van der Waals surface area (Å²) in [6, 6.07) is 10.7. The van der Waals surface area contributed by atoms with Crippen LogP contribution in [0.4, 0.5) is 0 Å². The van der Waals surface area contributed by atoms with Gasteiger partial charge in [0.2, 0.25) is 10.0 Å². The maximum Gasteiger partial charge on any atom is 0.266 e. The minimum Gasteiger partial charge on any atom is -0.493 e. The van der Waals surface area contributed by atoms with Gasteiger partial charge in [0, 0.05) is 17.5 Å². The number of hydroxylamine groups is 1. The average Bonchev–Trinajstić information content (AvgIpc) is 3.28. The van der Waals surface area contributed by atoms with Crippen molar-refractivity contribution in [3.05, 3.63) is 70.2 Å². The Morgan fingerprint density at radius 3 is 2.37 bits per heavy atom. The second-order valence-electron chi connectivity index (χ2n) is 7.27. The van der Waals surface area contributed by atoms with Crippen LogP contribution in [-0.2, 0) is 21.2 Å². The van der Waals surface area contributed by atoms with Crippen LogP contribution in [-0.4, -0.2) is 37.7 Å². The number of aromatic nitrogens is 1. The molecule has 3 N–H and O–H groups in total. The number of benzene rings is 2. The molecule has 1 aromatic heterocycles. The quantitative estimate of drug-likeness (QED) is 0.204. The van der Waals surface area contributed by atoms with Gasteiger partial charge in [-0.05, 0) is 55.8 Å². The summed E-state index contributed by atoms with van der Waals surface area (Å²) in [6.07, 6.45) is 0.658. The first kappa shape index (κ1) is 26.2. The van der Waals surface area contributed by atoms with Crippen molar-refractivity contribution in [3.8, 4) is 23.3 Å². The lowest BCUT2D eigenvalue weighted by molar-refractivity contribution is -0.131. The van der Waals surface area contributed by atoms with Crippen molar-refractivity contribution in [2.75, 3.05) is 13.2 Å². The van der Waals surface area contributed by atoms with Gasteiger partial charge in [0.05, 0.1) is 16.5 Å². The van der Waals surface area contributed by atoms with E-state index in [1.807, 2.05) is 12.3 Å². The van der Waals surface area contributed by atoms with Crippen molar-refractivity contribution >= 4 is 27.3 Å². The van der Waals surface area contributed by atoms with Crippen LogP contribution in [0.5, 0.6) is 11.5 Å². The van der Waals surface area contributed by atoms with E-state index in [-0.39, 0.29) is 11.5 Å². The first-order valence-electron chi connectivity index (χ1n) is 10.5. The van der Waals surface area contributed by atoms with Crippen molar-refractivity contribution in [2.45, 2.75) is 31.2 Å². The first-order valence-corrected chi connectivity index (χ1v) is 12.9. The molecule has 9 nitrogen and oxygen atoms in total. The number of hydrogen-bond donors (Lipinski definition) is 3. The molecule has 0 spiro atoms. The lowest BCUT2D eigenvalue weighted by Gasteiger charge is -2.18. The van der Waals surface area contributed by atoms with Gasteiger partial charge in [-0.1, -0.05) is 18.1 Å². The number of ether oxygens (including phenoxy) is 2. The van der Waals surface area contributed by atoms with Gasteiger partial charge in [0.15, 0.2) is 0 Å². The van der Waals surface area contributed by atoms with E-state index in [0.717, 1.165) is 10.7 Å². The Morgan fingerprint density at radius 1 is 1.11 bits per heavy atom. The molecule has 0 fully saturated rings. The third-order valence-electron chi connectivity index (χ3n) is 4.73. The van der Waals surface area contributed by atoms with Gasteiger partial charge < -0.3 is 9.47 Å². The molecule has 0 aliphatic heterocycles. The molecule has 1 atom stereocenters. The minimum absolute atomic E-state index is 0.0699. The van der Waals surface area contributed by atoms with E-state index in [4.69, 9.17) is 14.7 Å². The molecule has 11 heteroatoms. The predicted octanol–water partition coefficient (Wildman–Crippen LogP) is 3.00. The molecule has 3 rings (SSSR count). The Morgan fingerprint density at radius 2 is 1.77 bits per heavy atom. The summed E-state index contributed by atoms with van der Waals surface area (Å²) in [7, 11) is -4.10. The zero-order valence-corrected chi connectivity index (χ0v) is 20.8. The number of hydrogen-bond acceptors (Lipinski definition) is 8. The van der Waals surface area contributed by atoms with E-state index >= 15 is 0 Å². The molecule has 0 bridgehead atoms. The van der Waals surface area contributed by atoms with Crippen molar-refractivity contribution in [1.82, 2.24) is 15.2 Å². The molecule has 35 heavy (non-hydrogen) atoms. The summed E-state index contributed by atoms with van der Waals surface area (Å²) in [4.78, 5) is 16.6. The average molecular weight is 516 g/mol. The Balaban J connectivity index is 1.67. The number of rotatable bonds is 11. The summed E-state index contributed by atoms with van der Waals surface area (Å²) in [6.45, 7) is 4.23. The largest absolute Gasteiger partial charge is 0.493 e. The van der Waals surface area contributed by atoms with Crippen molar-refractivity contribution in [2.24, 2.45) is 0 Å². The SMILES string of the molecule is CC#CCOc1ccc(S(=O)(=O)NC(C(=O)NO)c2ccc(OCCc3nc(C)cs3)cc2)cc1. The van der Waals surface area contributed by atoms with Gasteiger partial charge in [0.25, 0.3) is 5.91 Å². The van der Waals surface area contributed by atoms with Gasteiger partial charge in [-0.25, -0.2) is 18.9 Å². The highest BCUT2D eigenvalue weighted by Crippen LogP contribution is 2.22. The summed E-state index contributed by atoms with van der Waals surface area (Å²) in [5.41, 5.74) is 2.80. The fraction of sp³-hybridized carbons (Fsp3) is 0.250. The Kier molecular flexibility index (Phi) is 9.22. The molecule has 0 saturated heterocycles. The number of sulfonamides is 1. The van der Waals surface area contributed by atoms with Gasteiger partial charge >= 0.3 is 0 Å².